The summed E-state index contributed by atoms with van der Waals surface area (Å²) in [6, 6.07) is -0.0761. The molecule has 0 unspecified atom stereocenters. The Morgan fingerprint density at radius 3 is 2.71 bits per heavy atom. The first-order valence-electron chi connectivity index (χ1n) is 5.33. The van der Waals surface area contributed by atoms with Crippen LogP contribution in [0.15, 0.2) is 12.4 Å². The Balaban J connectivity index is 2.46. The van der Waals surface area contributed by atoms with Crippen LogP contribution in [-0.2, 0) is 16.8 Å². The van der Waals surface area contributed by atoms with Gasteiger partial charge in [-0.2, -0.15) is 17.8 Å². The van der Waals surface area contributed by atoms with Crippen LogP contribution in [0.5, 0.6) is 0 Å². The first-order valence-corrected chi connectivity index (χ1v) is 6.77. The first-order chi connectivity index (χ1) is 7.83. The average Bonchev–Trinajstić information content (AvgIpc) is 2.62. The monoisotopic (exact) mass is 261 g/mol. The summed E-state index contributed by atoms with van der Waals surface area (Å²) < 4.78 is 28.8. The number of aromatic nitrogens is 2. The zero-order valence-corrected chi connectivity index (χ0v) is 11.1. The Labute approximate surface area is 102 Å². The van der Waals surface area contributed by atoms with Crippen molar-refractivity contribution in [2.75, 3.05) is 19.3 Å². The largest absolute Gasteiger partial charge is 0.396 e. The number of rotatable bonds is 6. The molecular weight excluding hydrogens is 242 g/mol. The highest BCUT2D eigenvalue weighted by Gasteiger charge is 2.19. The van der Waals surface area contributed by atoms with Gasteiger partial charge in [-0.25, -0.2) is 4.72 Å². The second kappa shape index (κ2) is 5.48. The molecule has 0 radical (unpaired) electrons. The van der Waals surface area contributed by atoms with Gasteiger partial charge in [-0.1, -0.05) is 0 Å². The fourth-order valence-corrected chi connectivity index (χ4v) is 2.28. The van der Waals surface area contributed by atoms with Crippen molar-refractivity contribution in [1.29, 1.82) is 0 Å². The van der Waals surface area contributed by atoms with E-state index in [4.69, 9.17) is 5.73 Å². The van der Waals surface area contributed by atoms with E-state index >= 15 is 0 Å². The lowest BCUT2D eigenvalue weighted by atomic mass is 10.4. The van der Waals surface area contributed by atoms with Crippen LogP contribution in [0.1, 0.15) is 13.8 Å². The minimum absolute atomic E-state index is 0.0761. The topological polar surface area (TPSA) is 93.2 Å². The first kappa shape index (κ1) is 13.9. The van der Waals surface area contributed by atoms with E-state index in [0.717, 1.165) is 0 Å². The molecule has 17 heavy (non-hydrogen) atoms. The number of nitrogen functional groups attached to an aromatic ring is 1. The number of nitrogens with two attached hydrogens (primary N) is 1. The van der Waals surface area contributed by atoms with Crippen molar-refractivity contribution in [3.63, 3.8) is 0 Å². The number of nitrogens with one attached hydrogen (secondary N) is 1. The second-order valence-electron chi connectivity index (χ2n) is 4.05. The highest BCUT2D eigenvalue weighted by molar-refractivity contribution is 7.87. The zero-order chi connectivity index (χ0) is 13.1. The molecule has 1 aromatic rings. The van der Waals surface area contributed by atoms with Gasteiger partial charge in [0.1, 0.15) is 0 Å². The molecule has 1 rings (SSSR count). The molecule has 0 aliphatic heterocycles. The molecule has 0 atom stereocenters. The van der Waals surface area contributed by atoms with Gasteiger partial charge in [-0.15, -0.1) is 0 Å². The molecule has 0 aliphatic rings. The molecule has 0 amide bonds. The summed E-state index contributed by atoms with van der Waals surface area (Å²) in [5, 5.41) is 3.96. The number of anilines is 1. The number of nitrogens with zero attached hydrogens (tertiary/aromatic N) is 3. The van der Waals surface area contributed by atoms with Gasteiger partial charge in [0, 0.05) is 25.8 Å². The molecule has 0 fully saturated rings. The van der Waals surface area contributed by atoms with Gasteiger partial charge >= 0.3 is 0 Å². The molecule has 0 aromatic carbocycles. The maximum atomic E-state index is 11.7. The van der Waals surface area contributed by atoms with Gasteiger partial charge in [-0.3, -0.25) is 4.68 Å². The summed E-state index contributed by atoms with van der Waals surface area (Å²) in [7, 11) is -1.87. The van der Waals surface area contributed by atoms with Crippen LogP contribution in [0.2, 0.25) is 0 Å². The van der Waals surface area contributed by atoms with Crippen LogP contribution >= 0.6 is 0 Å². The minimum atomic E-state index is -3.41. The lowest BCUT2D eigenvalue weighted by Crippen LogP contribution is -2.42. The van der Waals surface area contributed by atoms with Crippen molar-refractivity contribution < 1.29 is 8.42 Å². The molecular formula is C9H19N5O2S. The van der Waals surface area contributed by atoms with Crippen LogP contribution in [0.3, 0.4) is 0 Å². The second-order valence-corrected chi connectivity index (χ2v) is 5.86. The molecule has 3 N–H and O–H groups in total. The normalized spacial score (nSPS) is 12.5. The van der Waals surface area contributed by atoms with E-state index in [9.17, 15) is 8.42 Å². The maximum Gasteiger partial charge on any atom is 0.279 e. The zero-order valence-electron chi connectivity index (χ0n) is 10.3. The van der Waals surface area contributed by atoms with E-state index in [-0.39, 0.29) is 12.6 Å². The molecule has 1 heterocycles. The van der Waals surface area contributed by atoms with E-state index in [1.54, 1.807) is 17.9 Å². The van der Waals surface area contributed by atoms with E-state index in [2.05, 4.69) is 9.82 Å². The quantitative estimate of drug-likeness (QED) is 0.731. The molecule has 0 bridgehead atoms. The van der Waals surface area contributed by atoms with E-state index in [0.29, 0.717) is 12.2 Å². The Kier molecular flexibility index (Phi) is 4.49. The van der Waals surface area contributed by atoms with Crippen LogP contribution in [0.4, 0.5) is 5.69 Å². The predicted molar refractivity (Wildman–Crippen MR) is 66.5 cm³/mol. The third-order valence-electron chi connectivity index (χ3n) is 2.38. The molecule has 0 saturated carbocycles. The minimum Gasteiger partial charge on any atom is -0.396 e. The van der Waals surface area contributed by atoms with Crippen molar-refractivity contribution in [3.05, 3.63) is 12.4 Å². The Morgan fingerprint density at radius 2 is 2.24 bits per heavy atom. The lowest BCUT2D eigenvalue weighted by molar-refractivity contribution is 0.401. The van der Waals surface area contributed by atoms with E-state index < -0.39 is 10.2 Å². The molecule has 7 nitrogen and oxygen atoms in total. The smallest absolute Gasteiger partial charge is 0.279 e. The fraction of sp³-hybridized carbons (Fsp3) is 0.667. The van der Waals surface area contributed by atoms with Crippen molar-refractivity contribution in [1.82, 2.24) is 18.8 Å². The Morgan fingerprint density at radius 1 is 1.59 bits per heavy atom. The molecule has 1 aromatic heterocycles. The van der Waals surface area contributed by atoms with Gasteiger partial charge in [0.15, 0.2) is 0 Å². The van der Waals surface area contributed by atoms with Crippen LogP contribution in [0.25, 0.3) is 0 Å². The summed E-state index contributed by atoms with van der Waals surface area (Å²) in [5.41, 5.74) is 6.06. The van der Waals surface area contributed by atoms with Crippen molar-refractivity contribution >= 4 is 15.9 Å². The maximum absolute atomic E-state index is 11.7. The summed E-state index contributed by atoms with van der Waals surface area (Å²) >= 11 is 0. The van der Waals surface area contributed by atoms with Gasteiger partial charge in [-0.05, 0) is 13.8 Å². The molecule has 0 saturated heterocycles. The Bertz CT molecular complexity index is 454. The van der Waals surface area contributed by atoms with Crippen LogP contribution in [0, 0.1) is 0 Å². The standard InChI is InChI=1S/C9H19N5O2S/c1-8(2)13(3)17(15,16)12-4-5-14-7-9(10)6-11-14/h6-8,12H,4-5,10H2,1-3H3. The van der Waals surface area contributed by atoms with E-state index in [1.165, 1.54) is 10.5 Å². The number of hydrogen-bond acceptors (Lipinski definition) is 4. The highest BCUT2D eigenvalue weighted by atomic mass is 32.2. The van der Waals surface area contributed by atoms with Gasteiger partial charge in [0.05, 0.1) is 18.4 Å². The summed E-state index contributed by atoms with van der Waals surface area (Å²) in [6.07, 6.45) is 3.18. The van der Waals surface area contributed by atoms with Gasteiger partial charge < -0.3 is 5.73 Å². The third-order valence-corrected chi connectivity index (χ3v) is 4.13. The molecule has 0 aliphatic carbocycles. The summed E-state index contributed by atoms with van der Waals surface area (Å²) in [6.45, 7) is 4.35. The lowest BCUT2D eigenvalue weighted by Gasteiger charge is -2.21. The fourth-order valence-electron chi connectivity index (χ4n) is 1.17. The highest BCUT2D eigenvalue weighted by Crippen LogP contribution is 2.01. The summed E-state index contributed by atoms with van der Waals surface area (Å²) in [5.74, 6) is 0. The molecule has 8 heteroatoms. The van der Waals surface area contributed by atoms with E-state index in [1.807, 2.05) is 13.8 Å². The molecule has 98 valence electrons. The van der Waals surface area contributed by atoms with Crippen molar-refractivity contribution in [2.24, 2.45) is 0 Å². The number of hydrogen-bond donors (Lipinski definition) is 2. The van der Waals surface area contributed by atoms with Crippen molar-refractivity contribution in [2.45, 2.75) is 26.4 Å². The average molecular weight is 261 g/mol. The predicted octanol–water partition coefficient (Wildman–Crippen LogP) is -0.360. The Hall–Kier alpha value is -1.12. The molecule has 0 spiro atoms. The van der Waals surface area contributed by atoms with Crippen LogP contribution < -0.4 is 10.5 Å². The van der Waals surface area contributed by atoms with Gasteiger partial charge in [0.2, 0.25) is 0 Å². The summed E-state index contributed by atoms with van der Waals surface area (Å²) in [4.78, 5) is 0. The third kappa shape index (κ3) is 3.99. The van der Waals surface area contributed by atoms with Crippen molar-refractivity contribution in [3.8, 4) is 0 Å². The van der Waals surface area contributed by atoms with Gasteiger partial charge in [0.25, 0.3) is 10.2 Å². The SMILES string of the molecule is CC(C)N(C)S(=O)(=O)NCCn1cc(N)cn1. The van der Waals surface area contributed by atoms with Crippen LogP contribution in [-0.4, -0.2) is 42.1 Å².